The molecule has 2 nitrogen and oxygen atoms in total. The van der Waals surface area contributed by atoms with Crippen molar-refractivity contribution in [1.82, 2.24) is 10.3 Å². The number of nitrogens with one attached hydrogen (secondary N) is 1. The van der Waals surface area contributed by atoms with E-state index in [2.05, 4.69) is 70.4 Å². The molecule has 0 saturated carbocycles. The van der Waals surface area contributed by atoms with Crippen molar-refractivity contribution in [2.75, 3.05) is 6.54 Å². The van der Waals surface area contributed by atoms with Crippen LogP contribution in [0.25, 0.3) is 0 Å². The summed E-state index contributed by atoms with van der Waals surface area (Å²) in [6.45, 7) is 5.25. The molecule has 0 aliphatic rings. The van der Waals surface area contributed by atoms with E-state index >= 15 is 0 Å². The Morgan fingerprint density at radius 1 is 1.16 bits per heavy atom. The second-order valence-electron chi connectivity index (χ2n) is 4.73. The van der Waals surface area contributed by atoms with Crippen molar-refractivity contribution in [3.63, 3.8) is 0 Å². The summed E-state index contributed by atoms with van der Waals surface area (Å²) in [5.41, 5.74) is 3.68. The van der Waals surface area contributed by atoms with Gasteiger partial charge in [-0.1, -0.05) is 41.1 Å². The van der Waals surface area contributed by atoms with Gasteiger partial charge in [-0.3, -0.25) is 4.98 Å². The average Bonchev–Trinajstić information content (AvgIpc) is 2.41. The number of hydrogen-bond donors (Lipinski definition) is 1. The largest absolute Gasteiger partial charge is 0.306 e. The van der Waals surface area contributed by atoms with Crippen LogP contribution in [0.15, 0.2) is 47.2 Å². The van der Waals surface area contributed by atoms with Crippen LogP contribution in [0.1, 0.15) is 36.1 Å². The molecule has 1 unspecified atom stereocenters. The van der Waals surface area contributed by atoms with Gasteiger partial charge in [0.2, 0.25) is 0 Å². The lowest BCUT2D eigenvalue weighted by Crippen LogP contribution is -2.23. The second kappa shape index (κ2) is 6.83. The number of aryl methyl sites for hydroxylation is 1. The SMILES string of the molecule is CCCNC(c1ccc(Br)cc1)c1cncc(C)c1. The Balaban J connectivity index is 2.32. The average molecular weight is 319 g/mol. The van der Waals surface area contributed by atoms with Gasteiger partial charge in [0.05, 0.1) is 6.04 Å². The van der Waals surface area contributed by atoms with Gasteiger partial charge in [-0.05, 0) is 48.7 Å². The number of halogens is 1. The van der Waals surface area contributed by atoms with Crippen LogP contribution >= 0.6 is 15.9 Å². The van der Waals surface area contributed by atoms with Crippen LogP contribution in [0.2, 0.25) is 0 Å². The Bertz CT molecular complexity index is 523. The lowest BCUT2D eigenvalue weighted by Gasteiger charge is -2.19. The lowest BCUT2D eigenvalue weighted by atomic mass is 9.99. The van der Waals surface area contributed by atoms with Crippen LogP contribution in [-0.2, 0) is 0 Å². The molecule has 0 saturated heterocycles. The maximum atomic E-state index is 4.31. The van der Waals surface area contributed by atoms with Crippen molar-refractivity contribution in [2.24, 2.45) is 0 Å². The molecule has 19 heavy (non-hydrogen) atoms. The van der Waals surface area contributed by atoms with Gasteiger partial charge < -0.3 is 5.32 Å². The van der Waals surface area contributed by atoms with Crippen molar-refractivity contribution < 1.29 is 0 Å². The van der Waals surface area contributed by atoms with Crippen molar-refractivity contribution in [1.29, 1.82) is 0 Å². The van der Waals surface area contributed by atoms with Gasteiger partial charge in [-0.2, -0.15) is 0 Å². The minimum atomic E-state index is 0.209. The zero-order valence-corrected chi connectivity index (χ0v) is 12.9. The highest BCUT2D eigenvalue weighted by Crippen LogP contribution is 2.23. The summed E-state index contributed by atoms with van der Waals surface area (Å²) in [6.07, 6.45) is 4.95. The molecule has 1 atom stereocenters. The highest BCUT2D eigenvalue weighted by atomic mass is 79.9. The number of benzene rings is 1. The monoisotopic (exact) mass is 318 g/mol. The third kappa shape index (κ3) is 3.88. The van der Waals surface area contributed by atoms with E-state index in [0.29, 0.717) is 0 Å². The van der Waals surface area contributed by atoms with E-state index in [1.807, 2.05) is 12.4 Å². The first-order valence-electron chi connectivity index (χ1n) is 6.61. The number of hydrogen-bond acceptors (Lipinski definition) is 2. The van der Waals surface area contributed by atoms with Gasteiger partial charge in [0.25, 0.3) is 0 Å². The van der Waals surface area contributed by atoms with Gasteiger partial charge in [0.15, 0.2) is 0 Å². The van der Waals surface area contributed by atoms with E-state index in [4.69, 9.17) is 0 Å². The minimum Gasteiger partial charge on any atom is -0.306 e. The van der Waals surface area contributed by atoms with Crippen LogP contribution < -0.4 is 5.32 Å². The zero-order valence-electron chi connectivity index (χ0n) is 11.4. The fraction of sp³-hybridized carbons (Fsp3) is 0.312. The summed E-state index contributed by atoms with van der Waals surface area (Å²) in [6, 6.07) is 10.9. The number of pyridine rings is 1. The first-order valence-corrected chi connectivity index (χ1v) is 7.40. The predicted octanol–water partition coefficient (Wildman–Crippen LogP) is 4.24. The molecule has 0 aliphatic carbocycles. The summed E-state index contributed by atoms with van der Waals surface area (Å²) in [7, 11) is 0. The molecule has 1 heterocycles. The van der Waals surface area contributed by atoms with E-state index in [0.717, 1.165) is 17.4 Å². The molecular weight excluding hydrogens is 300 g/mol. The van der Waals surface area contributed by atoms with Crippen molar-refractivity contribution in [3.05, 3.63) is 63.9 Å². The van der Waals surface area contributed by atoms with Gasteiger partial charge in [0, 0.05) is 16.9 Å². The van der Waals surface area contributed by atoms with Crippen LogP contribution in [0.5, 0.6) is 0 Å². The molecule has 1 aromatic carbocycles. The molecule has 3 heteroatoms. The van der Waals surface area contributed by atoms with Crippen molar-refractivity contribution in [3.8, 4) is 0 Å². The smallest absolute Gasteiger partial charge is 0.0592 e. The summed E-state index contributed by atoms with van der Waals surface area (Å²) >= 11 is 3.48. The maximum absolute atomic E-state index is 4.31. The molecule has 0 radical (unpaired) electrons. The molecule has 0 bridgehead atoms. The molecule has 2 aromatic rings. The normalized spacial score (nSPS) is 12.4. The van der Waals surface area contributed by atoms with Gasteiger partial charge >= 0.3 is 0 Å². The number of nitrogens with zero attached hydrogens (tertiary/aromatic N) is 1. The fourth-order valence-corrected chi connectivity index (χ4v) is 2.37. The summed E-state index contributed by atoms with van der Waals surface area (Å²) in [5, 5.41) is 3.59. The van der Waals surface area contributed by atoms with Gasteiger partial charge in [-0.15, -0.1) is 0 Å². The number of rotatable bonds is 5. The van der Waals surface area contributed by atoms with Gasteiger partial charge in [-0.25, -0.2) is 0 Å². The highest BCUT2D eigenvalue weighted by molar-refractivity contribution is 9.10. The Labute approximate surface area is 123 Å². The van der Waals surface area contributed by atoms with Crippen LogP contribution in [0, 0.1) is 6.92 Å². The first-order chi connectivity index (χ1) is 9.20. The van der Waals surface area contributed by atoms with Crippen LogP contribution in [-0.4, -0.2) is 11.5 Å². The Morgan fingerprint density at radius 2 is 1.89 bits per heavy atom. The molecule has 0 amide bonds. The molecule has 0 aliphatic heterocycles. The van der Waals surface area contributed by atoms with E-state index in [1.165, 1.54) is 16.7 Å². The van der Waals surface area contributed by atoms with E-state index in [9.17, 15) is 0 Å². The maximum Gasteiger partial charge on any atom is 0.0592 e. The topological polar surface area (TPSA) is 24.9 Å². The molecule has 1 aromatic heterocycles. The molecule has 2 rings (SSSR count). The van der Waals surface area contributed by atoms with Crippen LogP contribution in [0.4, 0.5) is 0 Å². The Hall–Kier alpha value is -1.19. The standard InChI is InChI=1S/C16H19BrN2/c1-3-8-19-16(13-4-6-15(17)7-5-13)14-9-12(2)10-18-11-14/h4-7,9-11,16,19H,3,8H2,1-2H3. The third-order valence-corrected chi connectivity index (χ3v) is 3.56. The van der Waals surface area contributed by atoms with E-state index in [1.54, 1.807) is 0 Å². The van der Waals surface area contributed by atoms with Crippen LogP contribution in [0.3, 0.4) is 0 Å². The zero-order chi connectivity index (χ0) is 13.7. The summed E-state index contributed by atoms with van der Waals surface area (Å²) in [4.78, 5) is 4.31. The van der Waals surface area contributed by atoms with Crippen molar-refractivity contribution >= 4 is 15.9 Å². The lowest BCUT2D eigenvalue weighted by molar-refractivity contribution is 0.596. The second-order valence-corrected chi connectivity index (χ2v) is 5.65. The molecule has 100 valence electrons. The summed E-state index contributed by atoms with van der Waals surface area (Å²) in [5.74, 6) is 0. The highest BCUT2D eigenvalue weighted by Gasteiger charge is 2.13. The quantitative estimate of drug-likeness (QED) is 0.891. The fourth-order valence-electron chi connectivity index (χ4n) is 2.11. The summed E-state index contributed by atoms with van der Waals surface area (Å²) < 4.78 is 1.10. The predicted molar refractivity (Wildman–Crippen MR) is 83.3 cm³/mol. The van der Waals surface area contributed by atoms with Crippen molar-refractivity contribution in [2.45, 2.75) is 26.3 Å². The molecular formula is C16H19BrN2. The Morgan fingerprint density at radius 3 is 2.53 bits per heavy atom. The number of aromatic nitrogens is 1. The van der Waals surface area contributed by atoms with Gasteiger partial charge in [0.1, 0.15) is 0 Å². The minimum absolute atomic E-state index is 0.209. The Kier molecular flexibility index (Phi) is 5.11. The third-order valence-electron chi connectivity index (χ3n) is 3.03. The molecule has 1 N–H and O–H groups in total. The van der Waals surface area contributed by atoms with E-state index in [-0.39, 0.29) is 6.04 Å². The first kappa shape index (κ1) is 14.2. The molecule has 0 fully saturated rings. The van der Waals surface area contributed by atoms with E-state index < -0.39 is 0 Å². The molecule has 0 spiro atoms.